The van der Waals surface area contributed by atoms with E-state index in [1.165, 1.54) is 13.4 Å². The molecule has 0 amide bonds. The number of fused-ring (bicyclic) bond motifs is 1. The van der Waals surface area contributed by atoms with Gasteiger partial charge in [0.05, 0.1) is 15.9 Å². The van der Waals surface area contributed by atoms with E-state index in [4.69, 9.17) is 0 Å². The topological polar surface area (TPSA) is 77.2 Å². The molecule has 4 rings (SSSR count). The fourth-order valence-electron chi connectivity index (χ4n) is 3.69. The van der Waals surface area contributed by atoms with Crippen LogP contribution in [0.2, 0.25) is 0 Å². The van der Waals surface area contributed by atoms with Gasteiger partial charge in [-0.05, 0) is 47.9 Å². The average Bonchev–Trinajstić information content (AvgIpc) is 2.99. The van der Waals surface area contributed by atoms with E-state index in [0.717, 1.165) is 16.7 Å². The molecule has 7 nitrogen and oxygen atoms in total. The molecule has 0 aliphatic heterocycles. The number of imidazole rings is 1. The Labute approximate surface area is 181 Å². The highest BCUT2D eigenvalue weighted by Crippen LogP contribution is 2.25. The maximum Gasteiger partial charge on any atom is 0.328 e. The van der Waals surface area contributed by atoms with Crippen LogP contribution in [0.1, 0.15) is 16.7 Å². The summed E-state index contributed by atoms with van der Waals surface area (Å²) < 4.78 is 31.8. The zero-order chi connectivity index (χ0) is 22.2. The minimum absolute atomic E-state index is 0.152. The third-order valence-electron chi connectivity index (χ3n) is 5.57. The van der Waals surface area contributed by atoms with Crippen LogP contribution in [0.25, 0.3) is 11.0 Å². The zero-order valence-corrected chi connectivity index (χ0v) is 18.5. The molecule has 0 N–H and O–H groups in total. The van der Waals surface area contributed by atoms with Crippen LogP contribution in [0.15, 0.2) is 76.7 Å². The molecule has 0 spiro atoms. The lowest BCUT2D eigenvalue weighted by Gasteiger charge is -2.23. The molecule has 2 aromatic heterocycles. The Kier molecular flexibility index (Phi) is 5.51. The van der Waals surface area contributed by atoms with Crippen LogP contribution in [-0.2, 0) is 37.2 Å². The summed E-state index contributed by atoms with van der Waals surface area (Å²) in [5.41, 5.74) is 3.82. The molecule has 4 aromatic rings. The predicted molar refractivity (Wildman–Crippen MR) is 120 cm³/mol. The number of aryl methyl sites for hydroxylation is 3. The summed E-state index contributed by atoms with van der Waals surface area (Å²) in [4.78, 5) is 16.5. The number of pyridine rings is 1. The van der Waals surface area contributed by atoms with Gasteiger partial charge in [0.25, 0.3) is 0 Å². The van der Waals surface area contributed by atoms with Gasteiger partial charge in [0.2, 0.25) is 10.0 Å². The molecular formula is C23H24N4O3S. The Bertz CT molecular complexity index is 1410. The molecule has 0 aliphatic rings. The van der Waals surface area contributed by atoms with Crippen LogP contribution < -0.4 is 5.69 Å². The van der Waals surface area contributed by atoms with E-state index in [1.807, 2.05) is 37.3 Å². The molecule has 160 valence electrons. The van der Waals surface area contributed by atoms with E-state index in [0.29, 0.717) is 11.0 Å². The van der Waals surface area contributed by atoms with Crippen molar-refractivity contribution in [2.45, 2.75) is 24.9 Å². The fraction of sp³-hybridized carbons (Fsp3) is 0.217. The van der Waals surface area contributed by atoms with E-state index in [1.54, 1.807) is 50.8 Å². The number of rotatable bonds is 6. The molecule has 0 saturated carbocycles. The van der Waals surface area contributed by atoms with Gasteiger partial charge in [0.15, 0.2) is 0 Å². The first-order valence-electron chi connectivity index (χ1n) is 9.88. The molecule has 8 heteroatoms. The summed E-state index contributed by atoms with van der Waals surface area (Å²) in [5.74, 6) is 0. The largest absolute Gasteiger partial charge is 0.328 e. The lowest BCUT2D eigenvalue weighted by Crippen LogP contribution is -2.30. The average molecular weight is 437 g/mol. The Morgan fingerprint density at radius 3 is 2.39 bits per heavy atom. The van der Waals surface area contributed by atoms with Crippen LogP contribution in [0.3, 0.4) is 0 Å². The lowest BCUT2D eigenvalue weighted by atomic mass is 10.1. The van der Waals surface area contributed by atoms with Crippen LogP contribution >= 0.6 is 0 Å². The third-order valence-corrected chi connectivity index (χ3v) is 7.36. The van der Waals surface area contributed by atoms with Gasteiger partial charge in [-0.3, -0.25) is 14.1 Å². The molecule has 2 heterocycles. The van der Waals surface area contributed by atoms with Gasteiger partial charge in [-0.2, -0.15) is 4.31 Å². The summed E-state index contributed by atoms with van der Waals surface area (Å²) in [6.45, 7) is 2.39. The molecule has 0 unspecified atom stereocenters. The van der Waals surface area contributed by atoms with E-state index in [-0.39, 0.29) is 23.7 Å². The molecule has 2 aromatic carbocycles. The van der Waals surface area contributed by atoms with Crippen molar-refractivity contribution in [2.24, 2.45) is 14.1 Å². The Balaban J connectivity index is 1.80. The SMILES string of the molecule is Cc1ccccc1CN(Cc1cccnc1)S(=O)(=O)c1ccc2c(c1)n(C)c(=O)n2C. The minimum atomic E-state index is -3.85. The summed E-state index contributed by atoms with van der Waals surface area (Å²) in [7, 11) is -0.532. The van der Waals surface area contributed by atoms with Crippen molar-refractivity contribution in [3.05, 3.63) is 94.2 Å². The highest BCUT2D eigenvalue weighted by Gasteiger charge is 2.26. The van der Waals surface area contributed by atoms with E-state index < -0.39 is 10.0 Å². The molecule has 0 atom stereocenters. The van der Waals surface area contributed by atoms with Crippen LogP contribution in [0, 0.1) is 6.92 Å². The third kappa shape index (κ3) is 3.92. The second-order valence-corrected chi connectivity index (χ2v) is 9.55. The van der Waals surface area contributed by atoms with E-state index in [2.05, 4.69) is 4.98 Å². The first-order chi connectivity index (χ1) is 14.8. The Morgan fingerprint density at radius 1 is 0.935 bits per heavy atom. The zero-order valence-electron chi connectivity index (χ0n) is 17.7. The number of nitrogens with zero attached hydrogens (tertiary/aromatic N) is 4. The first kappa shape index (κ1) is 21.0. The van der Waals surface area contributed by atoms with Crippen molar-refractivity contribution in [1.29, 1.82) is 0 Å². The van der Waals surface area contributed by atoms with Gasteiger partial charge in [-0.1, -0.05) is 30.3 Å². The van der Waals surface area contributed by atoms with Crippen molar-refractivity contribution in [3.8, 4) is 0 Å². The number of benzene rings is 2. The van der Waals surface area contributed by atoms with Crippen molar-refractivity contribution in [3.63, 3.8) is 0 Å². The fourth-order valence-corrected chi connectivity index (χ4v) is 5.12. The van der Waals surface area contributed by atoms with E-state index in [9.17, 15) is 13.2 Å². The predicted octanol–water partition coefficient (Wildman–Crippen LogP) is 2.97. The Hall–Kier alpha value is -3.23. The van der Waals surface area contributed by atoms with Gasteiger partial charge in [0, 0.05) is 39.6 Å². The standard InChI is InChI=1S/C23H24N4O3S/c1-17-7-4-5-9-19(17)16-27(15-18-8-6-12-24-14-18)31(29,30)20-10-11-21-22(13-20)26(3)23(28)25(21)2/h4-14H,15-16H2,1-3H3. The van der Waals surface area contributed by atoms with Crippen LogP contribution in [0.5, 0.6) is 0 Å². The van der Waals surface area contributed by atoms with Gasteiger partial charge < -0.3 is 0 Å². The second kappa shape index (κ2) is 8.13. The number of hydrogen-bond donors (Lipinski definition) is 0. The summed E-state index contributed by atoms with van der Waals surface area (Å²) in [6.07, 6.45) is 3.33. The smallest absolute Gasteiger partial charge is 0.295 e. The quantitative estimate of drug-likeness (QED) is 0.466. The number of hydrogen-bond acceptors (Lipinski definition) is 4. The molecule has 0 radical (unpaired) electrons. The molecular weight excluding hydrogens is 412 g/mol. The Morgan fingerprint density at radius 2 is 1.68 bits per heavy atom. The molecule has 0 saturated heterocycles. The van der Waals surface area contributed by atoms with E-state index >= 15 is 0 Å². The van der Waals surface area contributed by atoms with Crippen molar-refractivity contribution in [2.75, 3.05) is 0 Å². The molecule has 31 heavy (non-hydrogen) atoms. The molecule has 0 bridgehead atoms. The highest BCUT2D eigenvalue weighted by molar-refractivity contribution is 7.89. The van der Waals surface area contributed by atoms with Crippen molar-refractivity contribution in [1.82, 2.24) is 18.4 Å². The normalized spacial score (nSPS) is 12.0. The summed E-state index contributed by atoms with van der Waals surface area (Å²) in [5, 5.41) is 0. The number of aromatic nitrogens is 3. The lowest BCUT2D eigenvalue weighted by molar-refractivity contribution is 0.400. The maximum atomic E-state index is 13.7. The van der Waals surface area contributed by atoms with Crippen molar-refractivity contribution < 1.29 is 8.42 Å². The minimum Gasteiger partial charge on any atom is -0.295 e. The molecule has 0 aliphatic carbocycles. The summed E-state index contributed by atoms with van der Waals surface area (Å²) >= 11 is 0. The summed E-state index contributed by atoms with van der Waals surface area (Å²) in [6, 6.07) is 16.2. The van der Waals surface area contributed by atoms with Gasteiger partial charge in [-0.15, -0.1) is 0 Å². The monoisotopic (exact) mass is 436 g/mol. The van der Waals surface area contributed by atoms with Gasteiger partial charge >= 0.3 is 5.69 Å². The first-order valence-corrected chi connectivity index (χ1v) is 11.3. The maximum absolute atomic E-state index is 13.7. The van der Waals surface area contributed by atoms with Crippen LogP contribution in [0.4, 0.5) is 0 Å². The molecule has 0 fully saturated rings. The van der Waals surface area contributed by atoms with Gasteiger partial charge in [0.1, 0.15) is 0 Å². The van der Waals surface area contributed by atoms with Crippen molar-refractivity contribution >= 4 is 21.1 Å². The second-order valence-electron chi connectivity index (χ2n) is 7.61. The number of sulfonamides is 1. The van der Waals surface area contributed by atoms with Gasteiger partial charge in [-0.25, -0.2) is 13.2 Å². The van der Waals surface area contributed by atoms with Crippen LogP contribution in [-0.4, -0.2) is 26.8 Å². The highest BCUT2D eigenvalue weighted by atomic mass is 32.2.